The van der Waals surface area contributed by atoms with Gasteiger partial charge in [-0.25, -0.2) is 8.78 Å². The van der Waals surface area contributed by atoms with E-state index in [-0.39, 0.29) is 12.0 Å². The number of rotatable bonds is 1. The fourth-order valence-corrected chi connectivity index (χ4v) is 3.36. The molecule has 22 heavy (non-hydrogen) atoms. The first kappa shape index (κ1) is 16.9. The molecule has 1 spiro atoms. The molecule has 0 aromatic carbocycles. The van der Waals surface area contributed by atoms with Gasteiger partial charge in [-0.1, -0.05) is 12.2 Å². The molecular weight excluding hydrogens is 288 g/mol. The van der Waals surface area contributed by atoms with Crippen LogP contribution in [0.2, 0.25) is 0 Å². The second-order valence-corrected chi connectivity index (χ2v) is 7.18. The van der Waals surface area contributed by atoms with Crippen LogP contribution in [0.15, 0.2) is 36.0 Å². The maximum atomic E-state index is 14.1. The summed E-state index contributed by atoms with van der Waals surface area (Å²) < 4.78 is 27.4. The molecule has 0 aromatic rings. The summed E-state index contributed by atoms with van der Waals surface area (Å²) >= 11 is 0. The molecule has 1 unspecified atom stereocenters. The summed E-state index contributed by atoms with van der Waals surface area (Å²) in [5.74, 6) is -2.86. The number of carboxylic acid groups (broad SMARTS) is 1. The third kappa shape index (κ3) is 3.46. The van der Waals surface area contributed by atoms with E-state index in [9.17, 15) is 18.7 Å². The van der Waals surface area contributed by atoms with E-state index in [1.165, 1.54) is 12.2 Å². The van der Waals surface area contributed by atoms with Crippen LogP contribution in [0.4, 0.5) is 8.78 Å². The molecule has 122 valence electrons. The molecule has 2 atom stereocenters. The second-order valence-electron chi connectivity index (χ2n) is 7.18. The largest absolute Gasteiger partial charge is 0.481 e. The van der Waals surface area contributed by atoms with Gasteiger partial charge in [0.15, 0.2) is 0 Å². The standard InChI is InChI=1S/C17H23F2NO2/c1-16(2,3)20-8-6-14(15(21)22)17(11-20)7-4-5-12(18)9-13(19)10-17/h4-5,7,9,14H,6,8,10-11H2,1-3H3,(H,21,22)/b7-4+,12-5+,13-9+/t14-,17?/m0/s1. The van der Waals surface area contributed by atoms with Crippen molar-refractivity contribution in [2.24, 2.45) is 11.3 Å². The van der Waals surface area contributed by atoms with E-state index >= 15 is 0 Å². The number of aliphatic carboxylic acids is 1. The maximum absolute atomic E-state index is 14.1. The normalized spacial score (nSPS) is 36.7. The Morgan fingerprint density at radius 1 is 1.41 bits per heavy atom. The minimum absolute atomic E-state index is 0.0890. The quantitative estimate of drug-likeness (QED) is 0.800. The number of carboxylic acids is 1. The van der Waals surface area contributed by atoms with Gasteiger partial charge in [0.25, 0.3) is 0 Å². The highest BCUT2D eigenvalue weighted by Crippen LogP contribution is 2.45. The predicted molar refractivity (Wildman–Crippen MR) is 81.6 cm³/mol. The predicted octanol–water partition coefficient (Wildman–Crippen LogP) is 3.84. The highest BCUT2D eigenvalue weighted by molar-refractivity contribution is 5.72. The van der Waals surface area contributed by atoms with Gasteiger partial charge < -0.3 is 5.11 Å². The van der Waals surface area contributed by atoms with Gasteiger partial charge in [0.05, 0.1) is 5.92 Å². The second kappa shape index (κ2) is 5.95. The SMILES string of the molecule is CC(C)(C)N1CC[C@@H](C(=O)O)C2(/C=C/C=C(F)\C=C(\F)C2)C1. The molecule has 1 fully saturated rings. The number of nitrogens with zero attached hydrogens (tertiary/aromatic N) is 1. The van der Waals surface area contributed by atoms with E-state index < -0.39 is 29.0 Å². The molecule has 2 aliphatic rings. The minimum Gasteiger partial charge on any atom is -0.481 e. The minimum atomic E-state index is -0.920. The molecule has 5 heteroatoms. The monoisotopic (exact) mass is 311 g/mol. The smallest absolute Gasteiger partial charge is 0.307 e. The van der Waals surface area contributed by atoms with E-state index in [1.807, 2.05) is 0 Å². The van der Waals surface area contributed by atoms with Crippen LogP contribution in [-0.2, 0) is 4.79 Å². The Kier molecular flexibility index (Phi) is 4.57. The van der Waals surface area contributed by atoms with Crippen LogP contribution in [0, 0.1) is 11.3 Å². The van der Waals surface area contributed by atoms with Crippen LogP contribution in [0.1, 0.15) is 33.6 Å². The first-order valence-corrected chi connectivity index (χ1v) is 7.53. The Labute approximate surface area is 130 Å². The van der Waals surface area contributed by atoms with E-state index in [0.717, 1.165) is 6.08 Å². The van der Waals surface area contributed by atoms with Crippen LogP contribution in [0.25, 0.3) is 0 Å². The van der Waals surface area contributed by atoms with Crippen LogP contribution in [0.3, 0.4) is 0 Å². The lowest BCUT2D eigenvalue weighted by atomic mass is 9.67. The number of likely N-dealkylation sites (tertiary alicyclic amines) is 1. The fourth-order valence-electron chi connectivity index (χ4n) is 3.36. The van der Waals surface area contributed by atoms with Crippen molar-refractivity contribution in [2.45, 2.75) is 39.2 Å². The van der Waals surface area contributed by atoms with Gasteiger partial charge in [0.2, 0.25) is 0 Å². The van der Waals surface area contributed by atoms with Crippen LogP contribution < -0.4 is 0 Å². The molecule has 0 radical (unpaired) electrons. The van der Waals surface area contributed by atoms with Gasteiger partial charge in [-0.3, -0.25) is 9.69 Å². The molecule has 0 saturated carbocycles. The van der Waals surface area contributed by atoms with E-state index in [2.05, 4.69) is 25.7 Å². The molecule has 1 aliphatic carbocycles. The average Bonchev–Trinajstić information content (AvgIpc) is 2.35. The molecule has 1 N–H and O–H groups in total. The van der Waals surface area contributed by atoms with Gasteiger partial charge in [0.1, 0.15) is 11.7 Å². The molecule has 0 amide bonds. The van der Waals surface area contributed by atoms with Crippen molar-refractivity contribution in [3.8, 4) is 0 Å². The van der Waals surface area contributed by atoms with Gasteiger partial charge in [-0.2, -0.15) is 0 Å². The molecule has 0 bridgehead atoms. The van der Waals surface area contributed by atoms with E-state index in [0.29, 0.717) is 19.5 Å². The molecule has 1 saturated heterocycles. The summed E-state index contributed by atoms with van der Waals surface area (Å²) in [4.78, 5) is 13.8. The summed E-state index contributed by atoms with van der Waals surface area (Å²) in [6, 6.07) is 0. The lowest BCUT2D eigenvalue weighted by Crippen LogP contribution is -2.56. The van der Waals surface area contributed by atoms with Crippen molar-refractivity contribution in [1.82, 2.24) is 4.90 Å². The van der Waals surface area contributed by atoms with Gasteiger partial charge in [-0.15, -0.1) is 0 Å². The maximum Gasteiger partial charge on any atom is 0.307 e. The zero-order valence-electron chi connectivity index (χ0n) is 13.3. The van der Waals surface area contributed by atoms with Crippen molar-refractivity contribution >= 4 is 5.97 Å². The first-order valence-electron chi connectivity index (χ1n) is 7.53. The molecule has 2 rings (SSSR count). The van der Waals surface area contributed by atoms with Crippen LogP contribution in [0.5, 0.6) is 0 Å². The summed E-state index contributed by atoms with van der Waals surface area (Å²) in [6.07, 6.45) is 5.58. The van der Waals surface area contributed by atoms with Crippen molar-refractivity contribution in [3.63, 3.8) is 0 Å². The van der Waals surface area contributed by atoms with E-state index in [4.69, 9.17) is 0 Å². The number of carbonyl (C=O) groups is 1. The summed E-state index contributed by atoms with van der Waals surface area (Å²) in [5.41, 5.74) is -0.983. The van der Waals surface area contributed by atoms with Crippen molar-refractivity contribution in [2.75, 3.05) is 13.1 Å². The molecular formula is C17H23F2NO2. The number of allylic oxidation sites excluding steroid dienone is 5. The Morgan fingerprint density at radius 3 is 2.68 bits per heavy atom. The molecule has 1 heterocycles. The summed E-state index contributed by atoms with van der Waals surface area (Å²) in [6.45, 7) is 7.27. The van der Waals surface area contributed by atoms with Crippen molar-refractivity contribution in [1.29, 1.82) is 0 Å². The highest BCUT2D eigenvalue weighted by atomic mass is 19.1. The lowest BCUT2D eigenvalue weighted by Gasteiger charge is -2.49. The summed E-state index contributed by atoms with van der Waals surface area (Å²) in [7, 11) is 0. The molecule has 3 nitrogen and oxygen atoms in total. The topological polar surface area (TPSA) is 40.5 Å². The van der Waals surface area contributed by atoms with Crippen LogP contribution >= 0.6 is 0 Å². The Bertz CT molecular complexity index is 545. The molecule has 0 aromatic heterocycles. The highest BCUT2D eigenvalue weighted by Gasteiger charge is 2.48. The number of hydrogen-bond acceptors (Lipinski definition) is 2. The van der Waals surface area contributed by atoms with Crippen molar-refractivity contribution in [3.05, 3.63) is 36.0 Å². The van der Waals surface area contributed by atoms with Gasteiger partial charge in [0, 0.05) is 30.0 Å². The lowest BCUT2D eigenvalue weighted by molar-refractivity contribution is -0.149. The third-order valence-electron chi connectivity index (χ3n) is 4.59. The van der Waals surface area contributed by atoms with E-state index in [1.54, 1.807) is 6.08 Å². The van der Waals surface area contributed by atoms with Crippen LogP contribution in [-0.4, -0.2) is 34.6 Å². The Hall–Kier alpha value is -1.49. The Balaban J connectivity index is 2.44. The van der Waals surface area contributed by atoms with Crippen molar-refractivity contribution < 1.29 is 18.7 Å². The zero-order valence-corrected chi connectivity index (χ0v) is 13.3. The average molecular weight is 311 g/mol. The number of halogens is 2. The fraction of sp³-hybridized carbons (Fsp3) is 0.588. The number of hydrogen-bond donors (Lipinski definition) is 1. The molecule has 1 aliphatic heterocycles. The number of piperidine rings is 1. The third-order valence-corrected chi connectivity index (χ3v) is 4.59. The van der Waals surface area contributed by atoms with Gasteiger partial charge >= 0.3 is 5.97 Å². The van der Waals surface area contributed by atoms with Gasteiger partial charge in [-0.05, 0) is 39.8 Å². The Morgan fingerprint density at radius 2 is 2.09 bits per heavy atom. The zero-order chi connectivity index (χ0) is 16.5. The first-order chi connectivity index (χ1) is 10.1. The summed E-state index contributed by atoms with van der Waals surface area (Å²) in [5, 5.41) is 9.56.